The van der Waals surface area contributed by atoms with Crippen LogP contribution in [0.4, 0.5) is 0 Å². The van der Waals surface area contributed by atoms with Gasteiger partial charge in [0.05, 0.1) is 32.5 Å². The molecule has 0 unspecified atom stereocenters. The van der Waals surface area contributed by atoms with Crippen molar-refractivity contribution in [3.63, 3.8) is 0 Å². The van der Waals surface area contributed by atoms with Crippen molar-refractivity contribution in [2.45, 2.75) is 76.2 Å². The number of benzene rings is 3. The molecule has 0 bridgehead atoms. The highest BCUT2D eigenvalue weighted by molar-refractivity contribution is 5.15. The molecule has 1 aliphatic carbocycles. The summed E-state index contributed by atoms with van der Waals surface area (Å²) in [7, 11) is 0. The zero-order chi connectivity index (χ0) is 24.4. The summed E-state index contributed by atoms with van der Waals surface area (Å²) in [6, 6.07) is 30.6. The van der Waals surface area contributed by atoms with Crippen molar-refractivity contribution < 1.29 is 23.7 Å². The Labute approximate surface area is 214 Å². The maximum absolute atomic E-state index is 6.49. The van der Waals surface area contributed by atoms with Crippen LogP contribution in [-0.2, 0) is 43.5 Å². The molecule has 1 saturated carbocycles. The Hall–Kier alpha value is -2.54. The van der Waals surface area contributed by atoms with Gasteiger partial charge in [-0.05, 0) is 29.5 Å². The van der Waals surface area contributed by atoms with Gasteiger partial charge in [0.1, 0.15) is 18.3 Å². The molecular formula is C31H36O5. The quantitative estimate of drug-likeness (QED) is 0.310. The molecule has 0 spiro atoms. The maximum Gasteiger partial charge on any atom is 0.187 e. The fourth-order valence-corrected chi connectivity index (χ4v) is 4.93. The molecule has 0 aromatic heterocycles. The van der Waals surface area contributed by atoms with E-state index in [4.69, 9.17) is 23.7 Å². The molecule has 1 heterocycles. The highest BCUT2D eigenvalue weighted by Crippen LogP contribution is 2.33. The topological polar surface area (TPSA) is 46.2 Å². The number of hydrogen-bond donors (Lipinski definition) is 0. The average molecular weight is 489 g/mol. The van der Waals surface area contributed by atoms with Crippen LogP contribution in [0.15, 0.2) is 91.0 Å². The molecule has 0 amide bonds. The van der Waals surface area contributed by atoms with E-state index in [0.29, 0.717) is 26.4 Å². The molecule has 0 radical (unpaired) electrons. The lowest BCUT2D eigenvalue weighted by molar-refractivity contribution is -0.205. The summed E-state index contributed by atoms with van der Waals surface area (Å²) < 4.78 is 32.0. The Morgan fingerprint density at radius 2 is 1.11 bits per heavy atom. The summed E-state index contributed by atoms with van der Waals surface area (Å²) in [5.41, 5.74) is 3.36. The lowest BCUT2D eigenvalue weighted by atomic mass is 10.1. The van der Waals surface area contributed by atoms with E-state index in [0.717, 1.165) is 29.5 Å². The van der Waals surface area contributed by atoms with Crippen LogP contribution in [-0.4, -0.2) is 37.3 Å². The number of ether oxygens (including phenoxy) is 5. The van der Waals surface area contributed by atoms with Crippen LogP contribution >= 0.6 is 0 Å². The van der Waals surface area contributed by atoms with Crippen molar-refractivity contribution in [1.29, 1.82) is 0 Å². The Morgan fingerprint density at radius 3 is 1.67 bits per heavy atom. The van der Waals surface area contributed by atoms with Crippen LogP contribution in [0.2, 0.25) is 0 Å². The molecule has 5 heteroatoms. The zero-order valence-electron chi connectivity index (χ0n) is 20.7. The van der Waals surface area contributed by atoms with Crippen molar-refractivity contribution in [2.24, 2.45) is 0 Å². The third kappa shape index (κ3) is 7.02. The van der Waals surface area contributed by atoms with Crippen molar-refractivity contribution in [2.75, 3.05) is 6.61 Å². The summed E-state index contributed by atoms with van der Waals surface area (Å²) >= 11 is 0. The molecule has 190 valence electrons. The molecule has 3 aromatic carbocycles. The lowest BCUT2D eigenvalue weighted by Crippen LogP contribution is -2.40. The molecule has 1 saturated heterocycles. The number of rotatable bonds is 12. The molecule has 2 aliphatic rings. The summed E-state index contributed by atoms with van der Waals surface area (Å²) in [6.45, 7) is 1.88. The predicted molar refractivity (Wildman–Crippen MR) is 138 cm³/mol. The minimum Gasteiger partial charge on any atom is -0.374 e. The van der Waals surface area contributed by atoms with E-state index in [1.807, 2.05) is 54.6 Å². The van der Waals surface area contributed by atoms with Crippen LogP contribution < -0.4 is 0 Å². The van der Waals surface area contributed by atoms with E-state index in [9.17, 15) is 0 Å². The van der Waals surface area contributed by atoms with Crippen molar-refractivity contribution >= 4 is 0 Å². The second-order valence-corrected chi connectivity index (χ2v) is 9.61. The fraction of sp³-hybridized carbons (Fsp3) is 0.419. The molecule has 5 rings (SSSR count). The largest absolute Gasteiger partial charge is 0.374 e. The summed E-state index contributed by atoms with van der Waals surface area (Å²) in [6.07, 6.45) is 3.31. The first-order valence-electron chi connectivity index (χ1n) is 13.1. The molecule has 3 aromatic rings. The van der Waals surface area contributed by atoms with Crippen LogP contribution in [0.25, 0.3) is 0 Å². The molecule has 4 atom stereocenters. The number of hydrogen-bond acceptors (Lipinski definition) is 5. The predicted octanol–water partition coefficient (Wildman–Crippen LogP) is 6.06. The van der Waals surface area contributed by atoms with Crippen LogP contribution in [0.1, 0.15) is 42.4 Å². The van der Waals surface area contributed by atoms with Gasteiger partial charge in [-0.2, -0.15) is 0 Å². The van der Waals surface area contributed by atoms with Crippen molar-refractivity contribution in [3.8, 4) is 0 Å². The second-order valence-electron chi connectivity index (χ2n) is 9.61. The Bertz CT molecular complexity index is 1010. The van der Waals surface area contributed by atoms with E-state index >= 15 is 0 Å². The van der Waals surface area contributed by atoms with Crippen molar-refractivity contribution in [3.05, 3.63) is 108 Å². The Morgan fingerprint density at radius 1 is 0.611 bits per heavy atom. The molecule has 2 fully saturated rings. The molecule has 0 N–H and O–H groups in total. The first kappa shape index (κ1) is 25.1. The van der Waals surface area contributed by atoms with Gasteiger partial charge in [-0.15, -0.1) is 0 Å². The average Bonchev–Trinajstić information content (AvgIpc) is 3.56. The van der Waals surface area contributed by atoms with E-state index < -0.39 is 6.29 Å². The summed E-state index contributed by atoms with van der Waals surface area (Å²) in [5, 5.41) is 0. The van der Waals surface area contributed by atoms with Gasteiger partial charge < -0.3 is 23.7 Å². The molecule has 1 aliphatic heterocycles. The van der Waals surface area contributed by atoms with Gasteiger partial charge in [0.2, 0.25) is 0 Å². The Kier molecular flexibility index (Phi) is 9.17. The van der Waals surface area contributed by atoms with Gasteiger partial charge in [0, 0.05) is 0 Å². The van der Waals surface area contributed by atoms with E-state index in [1.165, 1.54) is 12.8 Å². The van der Waals surface area contributed by atoms with Gasteiger partial charge in [-0.25, -0.2) is 0 Å². The smallest absolute Gasteiger partial charge is 0.187 e. The minimum atomic E-state index is -0.483. The normalized spacial score (nSPS) is 24.3. The van der Waals surface area contributed by atoms with Crippen LogP contribution in [0, 0.1) is 0 Å². The first-order chi connectivity index (χ1) is 17.8. The third-order valence-corrected chi connectivity index (χ3v) is 6.86. The monoisotopic (exact) mass is 488 g/mol. The lowest BCUT2D eigenvalue weighted by Gasteiger charge is -2.26. The first-order valence-corrected chi connectivity index (χ1v) is 13.1. The molecule has 36 heavy (non-hydrogen) atoms. The van der Waals surface area contributed by atoms with Crippen LogP contribution in [0.3, 0.4) is 0 Å². The third-order valence-electron chi connectivity index (χ3n) is 6.86. The highest BCUT2D eigenvalue weighted by atomic mass is 16.7. The van der Waals surface area contributed by atoms with Gasteiger partial charge in [-0.3, -0.25) is 0 Å². The van der Waals surface area contributed by atoms with Gasteiger partial charge in [-0.1, -0.05) is 104 Å². The second kappa shape index (κ2) is 13.1. The van der Waals surface area contributed by atoms with Crippen LogP contribution in [0.5, 0.6) is 0 Å². The molecular weight excluding hydrogens is 452 g/mol. The van der Waals surface area contributed by atoms with Crippen molar-refractivity contribution in [1.82, 2.24) is 0 Å². The van der Waals surface area contributed by atoms with Gasteiger partial charge in [0.15, 0.2) is 6.29 Å². The SMILES string of the molecule is c1ccc(COC[C@H]2O[C@H](OC3CCCC3)[C@H](OCc3ccccc3)[C@@H]2OCc2ccccc2)cc1. The van der Waals surface area contributed by atoms with E-state index in [-0.39, 0.29) is 24.4 Å². The summed E-state index contributed by atoms with van der Waals surface area (Å²) in [5.74, 6) is 0. The highest BCUT2D eigenvalue weighted by Gasteiger charge is 2.48. The Balaban J connectivity index is 1.30. The minimum absolute atomic E-state index is 0.205. The summed E-state index contributed by atoms with van der Waals surface area (Å²) in [4.78, 5) is 0. The van der Waals surface area contributed by atoms with E-state index in [1.54, 1.807) is 0 Å². The van der Waals surface area contributed by atoms with Gasteiger partial charge >= 0.3 is 0 Å². The zero-order valence-corrected chi connectivity index (χ0v) is 20.7. The maximum atomic E-state index is 6.49. The van der Waals surface area contributed by atoms with E-state index in [2.05, 4.69) is 36.4 Å². The standard InChI is InChI=1S/C31H36O5/c1-4-12-24(13-5-1)20-32-23-28-29(33-21-25-14-6-2-7-15-25)30(34-22-26-16-8-3-9-17-26)31(36-28)35-27-18-10-11-19-27/h1-9,12-17,27-31H,10-11,18-23H2/t28-,29-,30-,31+/m1/s1. The molecule has 5 nitrogen and oxygen atoms in total. The fourth-order valence-electron chi connectivity index (χ4n) is 4.93. The van der Waals surface area contributed by atoms with Gasteiger partial charge in [0.25, 0.3) is 0 Å².